The molecule has 118 valence electrons. The van der Waals surface area contributed by atoms with Crippen LogP contribution in [0, 0.1) is 18.6 Å². The molecule has 2 rings (SSSR count). The molecule has 0 unspecified atom stereocenters. The number of rotatable bonds is 6. The van der Waals surface area contributed by atoms with E-state index in [1.165, 1.54) is 30.6 Å². The summed E-state index contributed by atoms with van der Waals surface area (Å²) in [5.41, 5.74) is 2.74. The van der Waals surface area contributed by atoms with Crippen LogP contribution in [0.4, 0.5) is 8.78 Å². The van der Waals surface area contributed by atoms with Crippen LogP contribution in [0.25, 0.3) is 0 Å². The normalized spacial score (nSPS) is 10.5. The van der Waals surface area contributed by atoms with Gasteiger partial charge in [-0.1, -0.05) is 6.07 Å². The third-order valence-corrected chi connectivity index (χ3v) is 4.24. The number of amides is 1. The predicted molar refractivity (Wildman–Crippen MR) is 79.9 cm³/mol. The van der Waals surface area contributed by atoms with Gasteiger partial charge in [-0.05, 0) is 19.4 Å². The molecule has 0 aliphatic carbocycles. The summed E-state index contributed by atoms with van der Waals surface area (Å²) in [7, 11) is 1.26. The summed E-state index contributed by atoms with van der Waals surface area (Å²) in [6, 6.07) is 2.73. The Morgan fingerprint density at radius 1 is 1.36 bits per heavy atom. The minimum Gasteiger partial charge on any atom is -0.494 e. The number of benzene rings is 1. The molecular weight excluding hydrogens is 310 g/mol. The van der Waals surface area contributed by atoms with Crippen LogP contribution in [0.2, 0.25) is 0 Å². The van der Waals surface area contributed by atoms with Crippen molar-refractivity contribution in [1.82, 2.24) is 10.3 Å². The number of ether oxygens (including phenoxy) is 1. The average molecular weight is 326 g/mol. The first kappa shape index (κ1) is 16.4. The second-order valence-electron chi connectivity index (χ2n) is 4.69. The van der Waals surface area contributed by atoms with Crippen LogP contribution in [-0.4, -0.2) is 18.0 Å². The summed E-state index contributed by atoms with van der Waals surface area (Å²) in [5.74, 6) is -2.43. The number of methoxy groups -OCH3 is 1. The zero-order chi connectivity index (χ0) is 16.1. The largest absolute Gasteiger partial charge is 0.494 e. The van der Waals surface area contributed by atoms with E-state index >= 15 is 0 Å². The van der Waals surface area contributed by atoms with Crippen LogP contribution in [0.3, 0.4) is 0 Å². The lowest BCUT2D eigenvalue weighted by molar-refractivity contribution is -0.121. The fourth-order valence-corrected chi connectivity index (χ4v) is 2.72. The minimum absolute atomic E-state index is 0.0622. The second kappa shape index (κ2) is 7.31. The van der Waals surface area contributed by atoms with Gasteiger partial charge in [0.05, 0.1) is 18.3 Å². The number of carbonyl (C=O) groups excluding carboxylic acids is 1. The van der Waals surface area contributed by atoms with Gasteiger partial charge in [-0.2, -0.15) is 4.39 Å². The third kappa shape index (κ3) is 3.79. The lowest BCUT2D eigenvalue weighted by atomic mass is 10.2. The Balaban J connectivity index is 1.89. The van der Waals surface area contributed by atoms with Gasteiger partial charge in [0.2, 0.25) is 11.7 Å². The fourth-order valence-electron chi connectivity index (χ4n) is 1.94. The first-order valence-electron chi connectivity index (χ1n) is 6.69. The van der Waals surface area contributed by atoms with Crippen LogP contribution >= 0.6 is 11.3 Å². The number of thiazole rings is 1. The van der Waals surface area contributed by atoms with Crippen LogP contribution in [0.5, 0.6) is 5.75 Å². The van der Waals surface area contributed by atoms with Crippen LogP contribution < -0.4 is 10.1 Å². The number of nitrogens with one attached hydrogen (secondary N) is 1. The lowest BCUT2D eigenvalue weighted by Gasteiger charge is -2.09. The van der Waals surface area contributed by atoms with E-state index in [1.807, 2.05) is 6.92 Å². The minimum atomic E-state index is -1.05. The maximum atomic E-state index is 13.7. The molecule has 0 aliphatic rings. The highest BCUT2D eigenvalue weighted by Crippen LogP contribution is 2.22. The number of hydrogen-bond acceptors (Lipinski definition) is 4. The van der Waals surface area contributed by atoms with Crippen molar-refractivity contribution in [2.75, 3.05) is 7.11 Å². The van der Waals surface area contributed by atoms with Crippen LogP contribution in [-0.2, 0) is 17.8 Å². The summed E-state index contributed by atoms with van der Waals surface area (Å²) in [5, 5.41) is 2.58. The highest BCUT2D eigenvalue weighted by atomic mass is 32.1. The summed E-state index contributed by atoms with van der Waals surface area (Å²) < 4.78 is 32.0. The predicted octanol–water partition coefficient (Wildman–Crippen LogP) is 2.99. The molecule has 0 aliphatic heterocycles. The highest BCUT2D eigenvalue weighted by Gasteiger charge is 2.14. The summed E-state index contributed by atoms with van der Waals surface area (Å²) in [6.07, 6.45) is 0.866. The van der Waals surface area contributed by atoms with E-state index in [1.54, 1.807) is 5.51 Å². The van der Waals surface area contributed by atoms with Gasteiger partial charge in [-0.15, -0.1) is 11.3 Å². The Bertz CT molecular complexity index is 674. The number of hydrogen-bond donors (Lipinski definition) is 1. The van der Waals surface area contributed by atoms with E-state index in [-0.39, 0.29) is 30.2 Å². The molecule has 0 saturated carbocycles. The Morgan fingerprint density at radius 2 is 2.14 bits per heavy atom. The van der Waals surface area contributed by atoms with E-state index in [0.29, 0.717) is 6.42 Å². The first-order valence-corrected chi connectivity index (χ1v) is 7.57. The molecule has 1 heterocycles. The molecule has 22 heavy (non-hydrogen) atoms. The quantitative estimate of drug-likeness (QED) is 0.888. The van der Waals surface area contributed by atoms with Gasteiger partial charge < -0.3 is 10.1 Å². The number of aromatic nitrogens is 1. The SMILES string of the molecule is COc1ccc(CNC(=O)CCc2scnc2C)c(F)c1F. The summed E-state index contributed by atoms with van der Waals surface area (Å²) >= 11 is 1.50. The van der Waals surface area contributed by atoms with Gasteiger partial charge in [-0.3, -0.25) is 4.79 Å². The molecule has 2 aromatic rings. The number of nitrogens with zero attached hydrogens (tertiary/aromatic N) is 1. The zero-order valence-electron chi connectivity index (χ0n) is 12.3. The smallest absolute Gasteiger partial charge is 0.220 e. The molecule has 4 nitrogen and oxygen atoms in total. The molecule has 0 saturated heterocycles. The third-order valence-electron chi connectivity index (χ3n) is 3.25. The standard InChI is InChI=1S/C15H16F2N2O2S/c1-9-12(22-8-19-9)5-6-13(20)18-7-10-3-4-11(21-2)15(17)14(10)16/h3-4,8H,5-7H2,1-2H3,(H,18,20). The van der Waals surface area contributed by atoms with Crippen LogP contribution in [0.15, 0.2) is 17.6 Å². The molecule has 1 aromatic carbocycles. The van der Waals surface area contributed by atoms with Gasteiger partial charge in [0.25, 0.3) is 0 Å². The Kier molecular flexibility index (Phi) is 5.43. The second-order valence-corrected chi connectivity index (χ2v) is 5.63. The van der Waals surface area contributed by atoms with Gasteiger partial charge >= 0.3 is 0 Å². The molecule has 0 bridgehead atoms. The molecule has 0 radical (unpaired) electrons. The van der Waals surface area contributed by atoms with E-state index in [0.717, 1.165) is 10.6 Å². The van der Waals surface area contributed by atoms with Crippen molar-refractivity contribution in [3.05, 3.63) is 45.4 Å². The Labute approximate surface area is 131 Å². The van der Waals surface area contributed by atoms with E-state index in [4.69, 9.17) is 4.74 Å². The van der Waals surface area contributed by atoms with Gasteiger partial charge in [-0.25, -0.2) is 9.37 Å². The van der Waals surface area contributed by atoms with E-state index in [2.05, 4.69) is 10.3 Å². The maximum absolute atomic E-state index is 13.7. The summed E-state index contributed by atoms with van der Waals surface area (Å²) in [4.78, 5) is 16.9. The zero-order valence-corrected chi connectivity index (χ0v) is 13.1. The van der Waals surface area contributed by atoms with E-state index < -0.39 is 11.6 Å². The lowest BCUT2D eigenvalue weighted by Crippen LogP contribution is -2.23. The molecule has 0 fully saturated rings. The first-order chi connectivity index (χ1) is 10.5. The Hall–Kier alpha value is -2.02. The molecule has 1 aromatic heterocycles. The van der Waals surface area contributed by atoms with Crippen molar-refractivity contribution in [3.63, 3.8) is 0 Å². The topological polar surface area (TPSA) is 51.2 Å². The fraction of sp³-hybridized carbons (Fsp3) is 0.333. The van der Waals surface area contributed by atoms with Crippen molar-refractivity contribution < 1.29 is 18.3 Å². The molecule has 7 heteroatoms. The van der Waals surface area contributed by atoms with Crippen molar-refractivity contribution in [2.24, 2.45) is 0 Å². The number of halogens is 2. The van der Waals surface area contributed by atoms with Crippen molar-refractivity contribution in [3.8, 4) is 5.75 Å². The molecule has 1 amide bonds. The molecule has 1 N–H and O–H groups in total. The summed E-state index contributed by atoms with van der Waals surface area (Å²) in [6.45, 7) is 1.83. The molecule has 0 spiro atoms. The van der Waals surface area contributed by atoms with Gasteiger partial charge in [0, 0.05) is 23.4 Å². The van der Waals surface area contributed by atoms with Crippen LogP contribution in [0.1, 0.15) is 22.6 Å². The Morgan fingerprint density at radius 3 is 2.77 bits per heavy atom. The van der Waals surface area contributed by atoms with Crippen molar-refractivity contribution >= 4 is 17.2 Å². The molecule has 0 atom stereocenters. The number of aryl methyl sites for hydroxylation is 2. The number of carbonyl (C=O) groups is 1. The average Bonchev–Trinajstić information content (AvgIpc) is 2.92. The van der Waals surface area contributed by atoms with Gasteiger partial charge in [0.15, 0.2) is 11.6 Å². The molecular formula is C15H16F2N2O2S. The monoisotopic (exact) mass is 326 g/mol. The van der Waals surface area contributed by atoms with Gasteiger partial charge in [0.1, 0.15) is 0 Å². The highest BCUT2D eigenvalue weighted by molar-refractivity contribution is 7.09. The van der Waals surface area contributed by atoms with Crippen molar-refractivity contribution in [2.45, 2.75) is 26.3 Å². The maximum Gasteiger partial charge on any atom is 0.220 e. The van der Waals surface area contributed by atoms with E-state index in [9.17, 15) is 13.6 Å². The van der Waals surface area contributed by atoms with Crippen molar-refractivity contribution in [1.29, 1.82) is 0 Å².